The zero-order valence-electron chi connectivity index (χ0n) is 3.10. The van der Waals surface area contributed by atoms with Crippen LogP contribution in [0.4, 0.5) is 0 Å². The van der Waals surface area contributed by atoms with Gasteiger partial charge in [-0.15, -0.1) is 0 Å². The minimum atomic E-state index is -0.131. The molecule has 3 heteroatoms. The summed E-state index contributed by atoms with van der Waals surface area (Å²) in [6.45, 7) is 2.72. The highest BCUT2D eigenvalue weighted by Crippen LogP contribution is 1.57. The third-order valence-corrected chi connectivity index (χ3v) is 1.11. The van der Waals surface area contributed by atoms with Crippen molar-refractivity contribution < 1.29 is 4.43 Å². The van der Waals surface area contributed by atoms with Crippen molar-refractivity contribution >= 4 is 20.1 Å². The van der Waals surface area contributed by atoms with E-state index >= 15 is 0 Å². The summed E-state index contributed by atoms with van der Waals surface area (Å²) in [5, 5.41) is 0. The Morgan fingerprint density at radius 2 is 2.60 bits per heavy atom. The highest BCUT2D eigenvalue weighted by atomic mass is 32.2. The molecule has 0 N–H and O–H groups in total. The van der Waals surface area contributed by atoms with Crippen molar-refractivity contribution in [3.63, 3.8) is 0 Å². The Balaban J connectivity index is 2.40. The molecule has 0 saturated heterocycles. The van der Waals surface area contributed by atoms with Crippen molar-refractivity contribution in [1.82, 2.24) is 0 Å². The van der Waals surface area contributed by atoms with Crippen molar-refractivity contribution in [3.8, 4) is 0 Å². The average molecular weight is 106 g/mol. The van der Waals surface area contributed by atoms with Gasteiger partial charge in [0, 0.05) is 0 Å². The van der Waals surface area contributed by atoms with Gasteiger partial charge in [0.15, 0.2) is 0 Å². The van der Waals surface area contributed by atoms with Crippen LogP contribution in [0.1, 0.15) is 6.92 Å². The SMILES string of the molecule is CCO[SiH]=S. The molecule has 0 aliphatic heterocycles. The Bertz CT molecular complexity index is 30.8. The first-order chi connectivity index (χ1) is 2.41. The van der Waals surface area contributed by atoms with E-state index in [1.54, 1.807) is 0 Å². The fourth-order valence-electron chi connectivity index (χ4n) is 0.0680. The van der Waals surface area contributed by atoms with Crippen LogP contribution in [0.25, 0.3) is 0 Å². The molecule has 0 heterocycles. The largest absolute Gasteiger partial charge is 0.545 e. The van der Waals surface area contributed by atoms with Crippen LogP contribution in [0, 0.1) is 0 Å². The molecule has 0 aliphatic carbocycles. The van der Waals surface area contributed by atoms with Gasteiger partial charge in [-0.1, -0.05) is 11.6 Å². The van der Waals surface area contributed by atoms with E-state index in [1.807, 2.05) is 6.92 Å². The molecule has 0 atom stereocenters. The van der Waals surface area contributed by atoms with Crippen LogP contribution >= 0.6 is 11.6 Å². The topological polar surface area (TPSA) is 9.23 Å². The first-order valence-electron chi connectivity index (χ1n) is 1.47. The summed E-state index contributed by atoms with van der Waals surface area (Å²) >= 11 is 4.51. The summed E-state index contributed by atoms with van der Waals surface area (Å²) in [6.07, 6.45) is 0. The second-order valence-corrected chi connectivity index (χ2v) is 1.65. The quantitative estimate of drug-likeness (QED) is 0.474. The van der Waals surface area contributed by atoms with Crippen LogP contribution in [-0.2, 0) is 4.43 Å². The van der Waals surface area contributed by atoms with Crippen molar-refractivity contribution in [1.29, 1.82) is 0 Å². The summed E-state index contributed by atoms with van der Waals surface area (Å²) in [5.41, 5.74) is 0. The molecule has 0 unspecified atom stereocenters. The van der Waals surface area contributed by atoms with Crippen molar-refractivity contribution in [3.05, 3.63) is 0 Å². The van der Waals surface area contributed by atoms with Crippen molar-refractivity contribution in [2.45, 2.75) is 6.92 Å². The van der Waals surface area contributed by atoms with Gasteiger partial charge < -0.3 is 4.43 Å². The van der Waals surface area contributed by atoms with Gasteiger partial charge in [-0.2, -0.15) is 0 Å². The van der Waals surface area contributed by atoms with Gasteiger partial charge in [0.2, 0.25) is 0 Å². The van der Waals surface area contributed by atoms with E-state index in [2.05, 4.69) is 11.6 Å². The van der Waals surface area contributed by atoms with Gasteiger partial charge in [-0.3, -0.25) is 0 Å². The molecule has 1 nitrogen and oxygen atoms in total. The maximum absolute atomic E-state index is 4.73. The lowest BCUT2D eigenvalue weighted by atomic mass is 10.9. The van der Waals surface area contributed by atoms with Crippen LogP contribution in [0.2, 0.25) is 0 Å². The van der Waals surface area contributed by atoms with Crippen LogP contribution in [-0.4, -0.2) is 15.1 Å². The standard InChI is InChI=1S/C2H6OSSi/c1-2-3-5-4/h5H,2H2,1H3. The van der Waals surface area contributed by atoms with E-state index in [0.717, 1.165) is 6.61 Å². The molecule has 0 aromatic heterocycles. The summed E-state index contributed by atoms with van der Waals surface area (Å²) in [7, 11) is -0.131. The first-order valence-corrected chi connectivity index (χ1v) is 3.82. The number of hydrogen-bond donors (Lipinski definition) is 0. The minimum absolute atomic E-state index is 0.131. The minimum Gasteiger partial charge on any atom is -0.545 e. The average Bonchev–Trinajstić information content (AvgIpc) is 1.41. The molecule has 0 rings (SSSR count). The molecule has 5 heavy (non-hydrogen) atoms. The lowest BCUT2D eigenvalue weighted by Gasteiger charge is -1.83. The van der Waals surface area contributed by atoms with E-state index in [-0.39, 0.29) is 8.47 Å². The summed E-state index contributed by atoms with van der Waals surface area (Å²) < 4.78 is 4.73. The highest BCUT2D eigenvalue weighted by Gasteiger charge is 1.58. The predicted octanol–water partition coefficient (Wildman–Crippen LogP) is 0.487. The molecule has 0 aromatic rings. The maximum Gasteiger partial charge on any atom is 0.295 e. The Morgan fingerprint density at radius 3 is 2.60 bits per heavy atom. The molecule has 0 saturated carbocycles. The predicted molar refractivity (Wildman–Crippen MR) is 26.4 cm³/mol. The Labute approximate surface area is 38.8 Å². The van der Waals surface area contributed by atoms with Crippen molar-refractivity contribution in [2.24, 2.45) is 0 Å². The second-order valence-electron chi connectivity index (χ2n) is 0.552. The zero-order valence-corrected chi connectivity index (χ0v) is 5.07. The smallest absolute Gasteiger partial charge is 0.295 e. The third kappa shape index (κ3) is 4.24. The fourth-order valence-corrected chi connectivity index (χ4v) is 0.612. The first kappa shape index (κ1) is 5.24. The second kappa shape index (κ2) is 4.24. The van der Waals surface area contributed by atoms with Crippen LogP contribution in [0.3, 0.4) is 0 Å². The molecule has 30 valence electrons. The van der Waals surface area contributed by atoms with Crippen LogP contribution in [0.15, 0.2) is 0 Å². The number of hydrogen-bond acceptors (Lipinski definition) is 2. The maximum atomic E-state index is 4.73. The van der Waals surface area contributed by atoms with E-state index in [0.29, 0.717) is 0 Å². The molecule has 0 bridgehead atoms. The molecule has 0 aliphatic rings. The molecular weight excluding hydrogens is 100 g/mol. The van der Waals surface area contributed by atoms with E-state index in [4.69, 9.17) is 4.43 Å². The monoisotopic (exact) mass is 106 g/mol. The van der Waals surface area contributed by atoms with Gasteiger partial charge in [-0.25, -0.2) is 0 Å². The number of rotatable bonds is 2. The van der Waals surface area contributed by atoms with Crippen LogP contribution in [0.5, 0.6) is 0 Å². The molecular formula is C2H6OSSi. The zero-order chi connectivity index (χ0) is 4.12. The lowest BCUT2D eigenvalue weighted by molar-refractivity contribution is 0.374. The van der Waals surface area contributed by atoms with Gasteiger partial charge in [0.1, 0.15) is 0 Å². The molecule has 0 fully saturated rings. The summed E-state index contributed by atoms with van der Waals surface area (Å²) in [4.78, 5) is 0. The summed E-state index contributed by atoms with van der Waals surface area (Å²) in [5.74, 6) is 0. The lowest BCUT2D eigenvalue weighted by Crippen LogP contribution is -1.80. The normalized spacial score (nSPS) is 6.60. The van der Waals surface area contributed by atoms with Gasteiger partial charge in [-0.05, 0) is 6.92 Å². The van der Waals surface area contributed by atoms with Gasteiger partial charge in [0.05, 0.1) is 6.61 Å². The molecule has 0 amide bonds. The van der Waals surface area contributed by atoms with E-state index in [1.165, 1.54) is 0 Å². The Hall–Kier alpha value is 0.237. The fraction of sp³-hybridized carbons (Fsp3) is 1.00. The van der Waals surface area contributed by atoms with E-state index < -0.39 is 0 Å². The Morgan fingerprint density at radius 1 is 2.00 bits per heavy atom. The van der Waals surface area contributed by atoms with Gasteiger partial charge >= 0.3 is 0 Å². The highest BCUT2D eigenvalue weighted by molar-refractivity contribution is 7.85. The van der Waals surface area contributed by atoms with Crippen LogP contribution < -0.4 is 0 Å². The van der Waals surface area contributed by atoms with Gasteiger partial charge in [0.25, 0.3) is 8.47 Å². The molecule has 0 aromatic carbocycles. The molecule has 0 spiro atoms. The molecule has 0 radical (unpaired) electrons. The Kier molecular flexibility index (Phi) is 4.44. The third-order valence-electron chi connectivity index (χ3n) is 0.235. The van der Waals surface area contributed by atoms with E-state index in [9.17, 15) is 0 Å². The summed E-state index contributed by atoms with van der Waals surface area (Å²) in [6, 6.07) is 0. The van der Waals surface area contributed by atoms with Crippen molar-refractivity contribution in [2.75, 3.05) is 6.61 Å².